The molecule has 1 aliphatic rings. The topological polar surface area (TPSA) is 75.7 Å². The molecular formula is C16H8ClN3O2. The van der Waals surface area contributed by atoms with Crippen LogP contribution >= 0.6 is 11.6 Å². The van der Waals surface area contributed by atoms with E-state index in [1.54, 1.807) is 36.4 Å². The van der Waals surface area contributed by atoms with Crippen molar-refractivity contribution in [1.29, 1.82) is 0 Å². The average molecular weight is 310 g/mol. The van der Waals surface area contributed by atoms with Gasteiger partial charge in [0, 0.05) is 22.9 Å². The van der Waals surface area contributed by atoms with E-state index in [2.05, 4.69) is 15.0 Å². The van der Waals surface area contributed by atoms with Crippen molar-refractivity contribution in [2.24, 2.45) is 0 Å². The van der Waals surface area contributed by atoms with Crippen LogP contribution in [-0.4, -0.2) is 26.5 Å². The molecule has 1 aliphatic carbocycles. The Morgan fingerprint density at radius 3 is 2.45 bits per heavy atom. The lowest BCUT2D eigenvalue weighted by Crippen LogP contribution is -2.20. The molecule has 3 aromatic rings. The van der Waals surface area contributed by atoms with Crippen molar-refractivity contribution in [2.75, 3.05) is 0 Å². The zero-order valence-corrected chi connectivity index (χ0v) is 11.9. The zero-order valence-electron chi connectivity index (χ0n) is 11.1. The van der Waals surface area contributed by atoms with Crippen molar-refractivity contribution in [3.05, 3.63) is 70.3 Å². The number of hydrogen-bond acceptors (Lipinski definition) is 4. The van der Waals surface area contributed by atoms with Gasteiger partial charge in [-0.1, -0.05) is 35.9 Å². The van der Waals surface area contributed by atoms with Gasteiger partial charge in [-0.25, -0.2) is 9.97 Å². The molecule has 4 rings (SSSR count). The number of carbonyl (C=O) groups is 2. The van der Waals surface area contributed by atoms with E-state index < -0.39 is 0 Å². The number of carbonyl (C=O) groups excluding carboxylic acids is 2. The number of pyridine rings is 1. The molecule has 2 aromatic heterocycles. The molecule has 1 N–H and O–H groups in total. The number of hydrogen-bond donors (Lipinski definition) is 1. The lowest BCUT2D eigenvalue weighted by Gasteiger charge is -2.11. The SMILES string of the molecule is O=C1c2ccccc2C(=O)c2[nH]c(-c3ccnc(Cl)c3)nc21. The van der Waals surface area contributed by atoms with Gasteiger partial charge in [-0.2, -0.15) is 0 Å². The molecule has 0 radical (unpaired) electrons. The molecule has 6 heteroatoms. The molecule has 0 saturated heterocycles. The maximum Gasteiger partial charge on any atom is 0.214 e. The summed E-state index contributed by atoms with van der Waals surface area (Å²) < 4.78 is 0. The van der Waals surface area contributed by atoms with Gasteiger partial charge in [0.1, 0.15) is 22.4 Å². The van der Waals surface area contributed by atoms with Gasteiger partial charge in [0.15, 0.2) is 0 Å². The summed E-state index contributed by atoms with van der Waals surface area (Å²) in [6.07, 6.45) is 1.54. The van der Waals surface area contributed by atoms with E-state index in [-0.39, 0.29) is 23.0 Å². The minimum Gasteiger partial charge on any atom is -0.335 e. The predicted molar refractivity (Wildman–Crippen MR) is 80.1 cm³/mol. The lowest BCUT2D eigenvalue weighted by molar-refractivity contribution is 0.0974. The first-order valence-electron chi connectivity index (χ1n) is 6.55. The molecule has 0 unspecified atom stereocenters. The van der Waals surface area contributed by atoms with E-state index in [1.165, 1.54) is 6.20 Å². The minimum absolute atomic E-state index is 0.145. The lowest BCUT2D eigenvalue weighted by atomic mass is 9.90. The second-order valence-electron chi connectivity index (χ2n) is 4.88. The first-order valence-corrected chi connectivity index (χ1v) is 6.93. The van der Waals surface area contributed by atoms with Gasteiger partial charge in [-0.15, -0.1) is 0 Å². The Morgan fingerprint density at radius 2 is 1.73 bits per heavy atom. The third-order valence-electron chi connectivity index (χ3n) is 3.56. The normalized spacial score (nSPS) is 13.0. The summed E-state index contributed by atoms with van der Waals surface area (Å²) >= 11 is 5.87. The van der Waals surface area contributed by atoms with E-state index in [0.717, 1.165) is 0 Å². The van der Waals surface area contributed by atoms with Crippen LogP contribution in [0.15, 0.2) is 42.6 Å². The van der Waals surface area contributed by atoms with Crippen LogP contribution < -0.4 is 0 Å². The number of ketones is 2. The largest absolute Gasteiger partial charge is 0.335 e. The van der Waals surface area contributed by atoms with Crippen LogP contribution in [0.25, 0.3) is 11.4 Å². The minimum atomic E-state index is -0.257. The Hall–Kier alpha value is -2.79. The first-order chi connectivity index (χ1) is 10.6. The highest BCUT2D eigenvalue weighted by Crippen LogP contribution is 2.28. The Kier molecular flexibility index (Phi) is 2.71. The van der Waals surface area contributed by atoms with E-state index in [0.29, 0.717) is 27.7 Å². The fourth-order valence-corrected chi connectivity index (χ4v) is 2.70. The smallest absolute Gasteiger partial charge is 0.214 e. The van der Waals surface area contributed by atoms with Crippen molar-refractivity contribution in [3.63, 3.8) is 0 Å². The van der Waals surface area contributed by atoms with E-state index in [1.807, 2.05) is 0 Å². The van der Waals surface area contributed by atoms with Crippen LogP contribution in [0, 0.1) is 0 Å². The molecule has 0 atom stereocenters. The van der Waals surface area contributed by atoms with E-state index >= 15 is 0 Å². The monoisotopic (exact) mass is 309 g/mol. The van der Waals surface area contributed by atoms with Crippen LogP contribution in [-0.2, 0) is 0 Å². The Labute approximate surface area is 130 Å². The van der Waals surface area contributed by atoms with Gasteiger partial charge in [0.05, 0.1) is 0 Å². The van der Waals surface area contributed by atoms with Gasteiger partial charge < -0.3 is 4.98 Å². The van der Waals surface area contributed by atoms with Gasteiger partial charge >= 0.3 is 0 Å². The molecule has 0 fully saturated rings. The standard InChI is InChI=1S/C16H8ClN3O2/c17-11-7-8(5-6-18-11)16-19-12-13(20-16)15(22)10-4-2-1-3-9(10)14(12)21/h1-7H,(H,19,20). The highest BCUT2D eigenvalue weighted by Gasteiger charge is 2.33. The number of halogens is 1. The third-order valence-corrected chi connectivity index (χ3v) is 3.77. The van der Waals surface area contributed by atoms with Crippen LogP contribution in [0.1, 0.15) is 32.1 Å². The molecule has 0 bridgehead atoms. The van der Waals surface area contributed by atoms with Gasteiger partial charge in [0.25, 0.3) is 0 Å². The molecular weight excluding hydrogens is 302 g/mol. The van der Waals surface area contributed by atoms with Gasteiger partial charge in [0.2, 0.25) is 11.6 Å². The number of H-pyrrole nitrogens is 1. The van der Waals surface area contributed by atoms with Crippen LogP contribution in [0.2, 0.25) is 5.15 Å². The summed E-state index contributed by atoms with van der Waals surface area (Å²) in [6, 6.07) is 10.1. The number of rotatable bonds is 1. The number of aromatic amines is 1. The summed E-state index contributed by atoms with van der Waals surface area (Å²) in [6.45, 7) is 0. The quantitative estimate of drug-likeness (QED) is 0.549. The number of benzene rings is 1. The summed E-state index contributed by atoms with van der Waals surface area (Å²) in [5, 5.41) is 0.313. The second-order valence-corrected chi connectivity index (χ2v) is 5.27. The van der Waals surface area contributed by atoms with Crippen LogP contribution in [0.4, 0.5) is 0 Å². The highest BCUT2D eigenvalue weighted by atomic mass is 35.5. The summed E-state index contributed by atoms with van der Waals surface area (Å²) in [5.74, 6) is -0.0687. The highest BCUT2D eigenvalue weighted by molar-refractivity contribution is 6.29. The first kappa shape index (κ1) is 12.9. The summed E-state index contributed by atoms with van der Waals surface area (Å²) in [5.41, 5.74) is 1.80. The van der Waals surface area contributed by atoms with Crippen LogP contribution in [0.3, 0.4) is 0 Å². The molecule has 0 spiro atoms. The van der Waals surface area contributed by atoms with Crippen molar-refractivity contribution >= 4 is 23.2 Å². The average Bonchev–Trinajstić information content (AvgIpc) is 2.98. The van der Waals surface area contributed by atoms with E-state index in [9.17, 15) is 9.59 Å². The predicted octanol–water partition coefficient (Wildman–Crippen LogP) is 2.90. The fourth-order valence-electron chi connectivity index (χ4n) is 2.53. The number of aromatic nitrogens is 3. The van der Waals surface area contributed by atoms with E-state index in [4.69, 9.17) is 11.6 Å². The molecule has 0 aliphatic heterocycles. The molecule has 5 nitrogen and oxygen atoms in total. The number of nitrogens with zero attached hydrogens (tertiary/aromatic N) is 2. The molecule has 2 heterocycles. The Balaban J connectivity index is 1.90. The fraction of sp³-hybridized carbons (Fsp3) is 0. The maximum atomic E-state index is 12.5. The molecule has 106 valence electrons. The van der Waals surface area contributed by atoms with Crippen molar-refractivity contribution in [2.45, 2.75) is 0 Å². The van der Waals surface area contributed by atoms with Gasteiger partial charge in [-0.05, 0) is 12.1 Å². The van der Waals surface area contributed by atoms with Crippen molar-refractivity contribution in [3.8, 4) is 11.4 Å². The third kappa shape index (κ3) is 1.79. The number of imidazole rings is 1. The second kappa shape index (κ2) is 4.61. The van der Waals surface area contributed by atoms with Gasteiger partial charge in [-0.3, -0.25) is 9.59 Å². The molecule has 0 saturated carbocycles. The maximum absolute atomic E-state index is 12.5. The van der Waals surface area contributed by atoms with Crippen molar-refractivity contribution < 1.29 is 9.59 Å². The summed E-state index contributed by atoms with van der Waals surface area (Å²) in [7, 11) is 0. The Bertz CT molecular complexity index is 894. The molecule has 0 amide bonds. The zero-order chi connectivity index (χ0) is 15.3. The van der Waals surface area contributed by atoms with Crippen molar-refractivity contribution in [1.82, 2.24) is 15.0 Å². The Morgan fingerprint density at radius 1 is 1.00 bits per heavy atom. The molecule has 22 heavy (non-hydrogen) atoms. The van der Waals surface area contributed by atoms with Crippen LogP contribution in [0.5, 0.6) is 0 Å². The number of fused-ring (bicyclic) bond motifs is 2. The molecule has 1 aromatic carbocycles. The summed E-state index contributed by atoms with van der Waals surface area (Å²) in [4.78, 5) is 36.1. The number of nitrogens with one attached hydrogen (secondary N) is 1.